The lowest BCUT2D eigenvalue weighted by atomic mass is 10.0. The Labute approximate surface area is 204 Å². The zero-order chi connectivity index (χ0) is 24.2. The van der Waals surface area contributed by atoms with Crippen molar-refractivity contribution in [2.45, 2.75) is 12.6 Å². The molecule has 0 aliphatic carbocycles. The van der Waals surface area contributed by atoms with Gasteiger partial charge < -0.3 is 21.1 Å². The van der Waals surface area contributed by atoms with Crippen LogP contribution in [0.2, 0.25) is 0 Å². The van der Waals surface area contributed by atoms with Gasteiger partial charge in [0.1, 0.15) is 17.3 Å². The number of hydrogen-bond acceptors (Lipinski definition) is 7. The van der Waals surface area contributed by atoms with E-state index in [1.165, 1.54) is 5.56 Å². The van der Waals surface area contributed by atoms with Crippen LogP contribution in [0.4, 0.5) is 11.6 Å². The van der Waals surface area contributed by atoms with Gasteiger partial charge in [-0.25, -0.2) is 9.97 Å². The van der Waals surface area contributed by atoms with E-state index >= 15 is 0 Å². The number of pyridine rings is 2. The van der Waals surface area contributed by atoms with Crippen molar-refractivity contribution in [2.75, 3.05) is 30.3 Å². The first-order chi connectivity index (χ1) is 17.1. The van der Waals surface area contributed by atoms with Gasteiger partial charge in [0.05, 0.1) is 12.2 Å². The van der Waals surface area contributed by atoms with Crippen LogP contribution in [0, 0.1) is 0 Å². The molecular weight excluding hydrogens is 438 g/mol. The second-order valence-electron chi connectivity index (χ2n) is 8.59. The molecule has 7 heteroatoms. The number of aliphatic hydroxyl groups excluding tert-OH is 1. The van der Waals surface area contributed by atoms with Crippen molar-refractivity contribution < 1.29 is 9.90 Å². The number of hydrogen-bond donors (Lipinski definition) is 3. The summed E-state index contributed by atoms with van der Waals surface area (Å²) in [5.41, 5.74) is 10.5. The molecule has 0 spiro atoms. The smallest absolute Gasteiger partial charge is 0.215 e. The Hall–Kier alpha value is -4.07. The number of nitrogens with one attached hydrogen (secondary N) is 1. The second kappa shape index (κ2) is 10.0. The standard InChI is InChI=1S/C28H27N5O2/c29-28-23(15-22(16-31-28)20-11-9-19(18-34)10-12-20)27(35)24-7-4-8-26(32-24)33-14-13-30-25(17-33)21-5-2-1-3-6-21/h1-12,15-16,25,30,34H,13-14,17-18H2,(H2,29,31). The highest BCUT2D eigenvalue weighted by molar-refractivity contribution is 6.11. The molecule has 0 radical (unpaired) electrons. The van der Waals surface area contributed by atoms with Gasteiger partial charge >= 0.3 is 0 Å². The van der Waals surface area contributed by atoms with Crippen LogP contribution in [0.25, 0.3) is 11.1 Å². The first-order valence-corrected chi connectivity index (χ1v) is 11.6. The lowest BCUT2D eigenvalue weighted by Crippen LogP contribution is -2.46. The number of aromatic nitrogens is 2. The minimum atomic E-state index is -0.263. The van der Waals surface area contributed by atoms with Crippen molar-refractivity contribution in [3.05, 3.63) is 107 Å². The zero-order valence-electron chi connectivity index (χ0n) is 19.3. The van der Waals surface area contributed by atoms with Crippen LogP contribution in [0.5, 0.6) is 0 Å². The van der Waals surface area contributed by atoms with Crippen molar-refractivity contribution in [2.24, 2.45) is 0 Å². The third kappa shape index (κ3) is 4.91. The van der Waals surface area contributed by atoms with Crippen LogP contribution in [-0.4, -0.2) is 40.5 Å². The minimum Gasteiger partial charge on any atom is -0.392 e. The fraction of sp³-hybridized carbons (Fsp3) is 0.179. The highest BCUT2D eigenvalue weighted by Crippen LogP contribution is 2.26. The molecular formula is C28H27N5O2. The molecule has 1 aliphatic heterocycles. The van der Waals surface area contributed by atoms with Crippen molar-refractivity contribution in [1.29, 1.82) is 0 Å². The number of carbonyl (C=O) groups excluding carboxylic acids is 1. The fourth-order valence-electron chi connectivity index (χ4n) is 4.35. The monoisotopic (exact) mass is 465 g/mol. The van der Waals surface area contributed by atoms with Crippen molar-refractivity contribution in [3.8, 4) is 11.1 Å². The summed E-state index contributed by atoms with van der Waals surface area (Å²) in [4.78, 5) is 24.6. The van der Waals surface area contributed by atoms with E-state index in [4.69, 9.17) is 10.7 Å². The Morgan fingerprint density at radius 3 is 2.60 bits per heavy atom. The van der Waals surface area contributed by atoms with Crippen LogP contribution < -0.4 is 16.0 Å². The number of piperazine rings is 1. The number of ketones is 1. The molecule has 3 heterocycles. The number of rotatable bonds is 6. The fourth-order valence-corrected chi connectivity index (χ4v) is 4.35. The Balaban J connectivity index is 1.40. The molecule has 0 amide bonds. The van der Waals surface area contributed by atoms with Gasteiger partial charge in [-0.3, -0.25) is 4.79 Å². The van der Waals surface area contributed by atoms with Gasteiger partial charge in [-0.2, -0.15) is 0 Å². The van der Waals surface area contributed by atoms with Crippen LogP contribution in [0.15, 0.2) is 85.1 Å². The topological polar surface area (TPSA) is 104 Å². The van der Waals surface area contributed by atoms with Gasteiger partial charge in [-0.1, -0.05) is 60.7 Å². The van der Waals surface area contributed by atoms with E-state index in [1.54, 1.807) is 18.3 Å². The van der Waals surface area contributed by atoms with Gasteiger partial charge in [0.2, 0.25) is 5.78 Å². The Bertz CT molecular complexity index is 1330. The summed E-state index contributed by atoms with van der Waals surface area (Å²) in [5, 5.41) is 12.8. The molecule has 1 saturated heterocycles. The Kier molecular flexibility index (Phi) is 6.52. The molecule has 176 valence electrons. The largest absolute Gasteiger partial charge is 0.392 e. The van der Waals surface area contributed by atoms with E-state index in [2.05, 4.69) is 27.3 Å². The number of nitrogens with zero attached hydrogens (tertiary/aromatic N) is 3. The lowest BCUT2D eigenvalue weighted by Gasteiger charge is -2.35. The Morgan fingerprint density at radius 2 is 1.83 bits per heavy atom. The van der Waals surface area contributed by atoms with Crippen LogP contribution in [-0.2, 0) is 6.61 Å². The molecule has 2 aromatic heterocycles. The molecule has 1 aliphatic rings. The van der Waals surface area contributed by atoms with Crippen LogP contribution >= 0.6 is 0 Å². The van der Waals surface area contributed by atoms with Gasteiger partial charge in [-0.15, -0.1) is 0 Å². The summed E-state index contributed by atoms with van der Waals surface area (Å²) in [6, 6.07) is 25.3. The second-order valence-corrected chi connectivity index (χ2v) is 8.59. The van der Waals surface area contributed by atoms with E-state index in [9.17, 15) is 9.90 Å². The van der Waals surface area contributed by atoms with Crippen LogP contribution in [0.3, 0.4) is 0 Å². The number of nitrogen functional groups attached to an aromatic ring is 1. The quantitative estimate of drug-likeness (QED) is 0.374. The predicted octanol–water partition coefficient (Wildman–Crippen LogP) is 3.60. The molecule has 1 fully saturated rings. The lowest BCUT2D eigenvalue weighted by molar-refractivity contribution is 0.103. The molecule has 0 saturated carbocycles. The summed E-state index contributed by atoms with van der Waals surface area (Å²) in [6.45, 7) is 2.37. The van der Waals surface area contributed by atoms with Crippen molar-refractivity contribution in [1.82, 2.24) is 15.3 Å². The van der Waals surface area contributed by atoms with Crippen molar-refractivity contribution in [3.63, 3.8) is 0 Å². The molecule has 7 nitrogen and oxygen atoms in total. The number of benzene rings is 2. The SMILES string of the molecule is Nc1ncc(-c2ccc(CO)cc2)cc1C(=O)c1cccc(N2CCNC(c3ccccc3)C2)n1. The summed E-state index contributed by atoms with van der Waals surface area (Å²) in [6.07, 6.45) is 1.65. The molecule has 1 unspecified atom stereocenters. The zero-order valence-corrected chi connectivity index (χ0v) is 19.3. The van der Waals surface area contributed by atoms with E-state index in [-0.39, 0.29) is 24.2 Å². The molecule has 35 heavy (non-hydrogen) atoms. The molecule has 0 bridgehead atoms. The maximum absolute atomic E-state index is 13.4. The third-order valence-corrected chi connectivity index (χ3v) is 6.30. The average Bonchev–Trinajstić information content (AvgIpc) is 2.93. The first-order valence-electron chi connectivity index (χ1n) is 11.6. The number of anilines is 2. The van der Waals surface area contributed by atoms with Gasteiger partial charge in [0, 0.05) is 37.4 Å². The predicted molar refractivity (Wildman–Crippen MR) is 137 cm³/mol. The van der Waals surface area contributed by atoms with Gasteiger partial charge in [0.25, 0.3) is 0 Å². The number of aliphatic hydroxyl groups is 1. The van der Waals surface area contributed by atoms with E-state index in [1.807, 2.05) is 54.6 Å². The summed E-state index contributed by atoms with van der Waals surface area (Å²) in [5.74, 6) is 0.672. The van der Waals surface area contributed by atoms with Crippen molar-refractivity contribution >= 4 is 17.4 Å². The maximum atomic E-state index is 13.4. The molecule has 4 aromatic rings. The molecule has 1 atom stereocenters. The summed E-state index contributed by atoms with van der Waals surface area (Å²) < 4.78 is 0. The summed E-state index contributed by atoms with van der Waals surface area (Å²) >= 11 is 0. The molecule has 4 N–H and O–H groups in total. The highest BCUT2D eigenvalue weighted by atomic mass is 16.3. The molecule has 2 aromatic carbocycles. The Morgan fingerprint density at radius 1 is 1.03 bits per heavy atom. The van der Waals surface area contributed by atoms with Crippen LogP contribution in [0.1, 0.15) is 33.2 Å². The normalized spacial score (nSPS) is 15.7. The summed E-state index contributed by atoms with van der Waals surface area (Å²) in [7, 11) is 0. The highest BCUT2D eigenvalue weighted by Gasteiger charge is 2.23. The molecule has 5 rings (SSSR count). The van der Waals surface area contributed by atoms with Gasteiger partial charge in [-0.05, 0) is 34.9 Å². The third-order valence-electron chi connectivity index (χ3n) is 6.30. The number of nitrogens with two attached hydrogens (primary N) is 1. The van der Waals surface area contributed by atoms with Gasteiger partial charge in [0.15, 0.2) is 0 Å². The van der Waals surface area contributed by atoms with E-state index in [0.29, 0.717) is 11.3 Å². The number of carbonyl (C=O) groups is 1. The van der Waals surface area contributed by atoms with E-state index < -0.39 is 0 Å². The maximum Gasteiger partial charge on any atom is 0.215 e. The van der Waals surface area contributed by atoms with E-state index in [0.717, 1.165) is 42.1 Å². The first kappa shape index (κ1) is 22.7. The minimum absolute atomic E-state index is 0.0226. The average molecular weight is 466 g/mol.